The average Bonchev–Trinajstić information content (AvgIpc) is 3.11. The molecular formula is C20H20N4O2. The topological polar surface area (TPSA) is 84.7 Å². The van der Waals surface area contributed by atoms with Gasteiger partial charge in [0.15, 0.2) is 0 Å². The lowest BCUT2D eigenvalue weighted by Crippen LogP contribution is -2.47. The quantitative estimate of drug-likeness (QED) is 0.731. The lowest BCUT2D eigenvalue weighted by molar-refractivity contribution is 0.171. The summed E-state index contributed by atoms with van der Waals surface area (Å²) in [6, 6.07) is 3.74. The molecule has 2 aliphatic rings. The van der Waals surface area contributed by atoms with Gasteiger partial charge in [-0.25, -0.2) is 4.98 Å². The standard InChI is InChI=1S/C20H20N4O2/c1-11-15-4-3-14-17(20(15,2)9-13-10-22-26-16(11)13)23-18(24-19(14)25)12-5-7-21-8-6-12/h5-8,10-11,15H,3-4,9H2,1-2H3,(H,23,24,25)/t11-,15-,20-/m1/s1. The summed E-state index contributed by atoms with van der Waals surface area (Å²) in [7, 11) is 0. The molecule has 3 atom stereocenters. The highest BCUT2D eigenvalue weighted by molar-refractivity contribution is 5.55. The van der Waals surface area contributed by atoms with Crippen LogP contribution in [0.3, 0.4) is 0 Å². The minimum atomic E-state index is -0.193. The van der Waals surface area contributed by atoms with E-state index < -0.39 is 0 Å². The fraction of sp³-hybridized carbons (Fsp3) is 0.400. The number of hydrogen-bond donors (Lipinski definition) is 1. The highest BCUT2D eigenvalue weighted by atomic mass is 16.5. The normalized spacial score (nSPS) is 26.7. The molecule has 0 spiro atoms. The van der Waals surface area contributed by atoms with Gasteiger partial charge in [0.2, 0.25) is 0 Å². The van der Waals surface area contributed by atoms with Crippen LogP contribution in [0.15, 0.2) is 40.0 Å². The zero-order chi connectivity index (χ0) is 17.9. The summed E-state index contributed by atoms with van der Waals surface area (Å²) in [5.74, 6) is 2.26. The van der Waals surface area contributed by atoms with E-state index in [-0.39, 0.29) is 16.9 Å². The molecule has 0 radical (unpaired) electrons. The molecule has 2 aliphatic carbocycles. The molecule has 0 unspecified atom stereocenters. The van der Waals surface area contributed by atoms with Crippen LogP contribution in [-0.4, -0.2) is 20.1 Å². The highest BCUT2D eigenvalue weighted by Gasteiger charge is 2.50. The van der Waals surface area contributed by atoms with Gasteiger partial charge in [-0.1, -0.05) is 19.0 Å². The van der Waals surface area contributed by atoms with E-state index in [2.05, 4.69) is 29.0 Å². The number of rotatable bonds is 1. The fourth-order valence-corrected chi connectivity index (χ4v) is 5.01. The average molecular weight is 348 g/mol. The van der Waals surface area contributed by atoms with E-state index in [1.165, 1.54) is 0 Å². The second kappa shape index (κ2) is 5.37. The van der Waals surface area contributed by atoms with Crippen molar-refractivity contribution >= 4 is 0 Å². The number of pyridine rings is 1. The molecule has 3 aromatic rings. The first-order valence-corrected chi connectivity index (χ1v) is 9.05. The summed E-state index contributed by atoms with van der Waals surface area (Å²) in [4.78, 5) is 24.8. The predicted molar refractivity (Wildman–Crippen MR) is 95.9 cm³/mol. The van der Waals surface area contributed by atoms with Crippen LogP contribution in [-0.2, 0) is 18.3 Å². The Kier molecular flexibility index (Phi) is 3.20. The fourth-order valence-electron chi connectivity index (χ4n) is 5.01. The number of aromatic amines is 1. The minimum absolute atomic E-state index is 0.0229. The Bertz CT molecular complexity index is 1040. The lowest BCUT2D eigenvalue weighted by atomic mass is 9.57. The third kappa shape index (κ3) is 2.04. The van der Waals surface area contributed by atoms with Gasteiger partial charge >= 0.3 is 0 Å². The van der Waals surface area contributed by atoms with Crippen LogP contribution >= 0.6 is 0 Å². The van der Waals surface area contributed by atoms with Gasteiger partial charge in [-0.2, -0.15) is 0 Å². The van der Waals surface area contributed by atoms with Crippen molar-refractivity contribution in [2.75, 3.05) is 0 Å². The van der Waals surface area contributed by atoms with Crippen LogP contribution in [0.5, 0.6) is 0 Å². The Morgan fingerprint density at radius 2 is 2.12 bits per heavy atom. The van der Waals surface area contributed by atoms with Gasteiger partial charge in [0.05, 0.1) is 11.9 Å². The largest absolute Gasteiger partial charge is 0.361 e. The highest BCUT2D eigenvalue weighted by Crippen LogP contribution is 2.52. The van der Waals surface area contributed by atoms with E-state index in [9.17, 15) is 4.79 Å². The molecule has 1 N–H and O–H groups in total. The van der Waals surface area contributed by atoms with Crippen LogP contribution in [0.1, 0.15) is 48.8 Å². The summed E-state index contributed by atoms with van der Waals surface area (Å²) >= 11 is 0. The van der Waals surface area contributed by atoms with E-state index in [0.717, 1.165) is 47.4 Å². The molecule has 0 bridgehead atoms. The zero-order valence-electron chi connectivity index (χ0n) is 14.8. The molecule has 6 heteroatoms. The van der Waals surface area contributed by atoms with Crippen molar-refractivity contribution in [1.82, 2.24) is 20.1 Å². The maximum atomic E-state index is 12.8. The molecule has 0 amide bonds. The molecule has 6 nitrogen and oxygen atoms in total. The Labute approximate surface area is 150 Å². The van der Waals surface area contributed by atoms with Gasteiger partial charge < -0.3 is 9.51 Å². The third-order valence-corrected chi connectivity index (χ3v) is 6.28. The number of fused-ring (bicyclic) bond motifs is 4. The third-order valence-electron chi connectivity index (χ3n) is 6.28. The molecule has 0 aliphatic heterocycles. The van der Waals surface area contributed by atoms with E-state index in [1.54, 1.807) is 12.4 Å². The first kappa shape index (κ1) is 15.5. The van der Waals surface area contributed by atoms with Crippen molar-refractivity contribution in [3.05, 3.63) is 63.7 Å². The molecule has 5 rings (SSSR count). The van der Waals surface area contributed by atoms with Crippen molar-refractivity contribution in [3.8, 4) is 11.4 Å². The lowest BCUT2D eigenvalue weighted by Gasteiger charge is -2.47. The molecule has 0 saturated heterocycles. The second-order valence-corrected chi connectivity index (χ2v) is 7.72. The summed E-state index contributed by atoms with van der Waals surface area (Å²) in [5.41, 5.74) is 3.56. The van der Waals surface area contributed by atoms with E-state index >= 15 is 0 Å². The summed E-state index contributed by atoms with van der Waals surface area (Å²) in [5, 5.41) is 4.01. The van der Waals surface area contributed by atoms with Crippen LogP contribution < -0.4 is 5.56 Å². The monoisotopic (exact) mass is 348 g/mol. The number of hydrogen-bond acceptors (Lipinski definition) is 5. The Balaban J connectivity index is 1.71. The van der Waals surface area contributed by atoms with Crippen LogP contribution in [0.25, 0.3) is 11.4 Å². The maximum Gasteiger partial charge on any atom is 0.254 e. The van der Waals surface area contributed by atoms with Crippen molar-refractivity contribution in [2.45, 2.75) is 44.4 Å². The van der Waals surface area contributed by atoms with Gasteiger partial charge in [-0.05, 0) is 37.3 Å². The van der Waals surface area contributed by atoms with Crippen LogP contribution in [0.2, 0.25) is 0 Å². The molecular weight excluding hydrogens is 328 g/mol. The van der Waals surface area contributed by atoms with E-state index in [4.69, 9.17) is 9.51 Å². The first-order chi connectivity index (χ1) is 12.6. The number of nitrogens with zero attached hydrogens (tertiary/aromatic N) is 3. The van der Waals surface area contributed by atoms with E-state index in [1.807, 2.05) is 18.3 Å². The first-order valence-electron chi connectivity index (χ1n) is 9.05. The van der Waals surface area contributed by atoms with Crippen molar-refractivity contribution in [2.24, 2.45) is 5.92 Å². The molecule has 26 heavy (non-hydrogen) atoms. The smallest absolute Gasteiger partial charge is 0.254 e. The minimum Gasteiger partial charge on any atom is -0.361 e. The number of H-pyrrole nitrogens is 1. The Hall–Kier alpha value is -2.76. The summed E-state index contributed by atoms with van der Waals surface area (Å²) in [6.45, 7) is 4.44. The van der Waals surface area contributed by atoms with Crippen molar-refractivity contribution in [3.63, 3.8) is 0 Å². The maximum absolute atomic E-state index is 12.8. The second-order valence-electron chi connectivity index (χ2n) is 7.72. The van der Waals surface area contributed by atoms with Gasteiger partial charge in [0.1, 0.15) is 11.6 Å². The van der Waals surface area contributed by atoms with Gasteiger partial charge in [0.25, 0.3) is 5.56 Å². The Morgan fingerprint density at radius 1 is 1.31 bits per heavy atom. The van der Waals surface area contributed by atoms with Gasteiger partial charge in [0, 0.05) is 40.4 Å². The van der Waals surface area contributed by atoms with Gasteiger partial charge in [-0.15, -0.1) is 0 Å². The molecule has 132 valence electrons. The Morgan fingerprint density at radius 3 is 2.92 bits per heavy atom. The van der Waals surface area contributed by atoms with Crippen molar-refractivity contribution < 1.29 is 4.52 Å². The zero-order valence-corrected chi connectivity index (χ0v) is 14.8. The molecule has 0 saturated carbocycles. The molecule has 0 aromatic carbocycles. The summed E-state index contributed by atoms with van der Waals surface area (Å²) in [6.07, 6.45) is 7.77. The van der Waals surface area contributed by atoms with Gasteiger partial charge in [-0.3, -0.25) is 9.78 Å². The SMILES string of the molecule is C[C@H]1c2oncc2C[C@@]2(C)c3nc(-c4ccncc4)[nH]c(=O)c3CC[C@H]12. The van der Waals surface area contributed by atoms with Crippen LogP contribution in [0, 0.1) is 5.92 Å². The van der Waals surface area contributed by atoms with Crippen molar-refractivity contribution in [1.29, 1.82) is 0 Å². The molecule has 0 fully saturated rings. The number of nitrogens with one attached hydrogen (secondary N) is 1. The predicted octanol–water partition coefficient (Wildman–Crippen LogP) is 3.00. The molecule has 3 heterocycles. The van der Waals surface area contributed by atoms with Crippen LogP contribution in [0.4, 0.5) is 0 Å². The number of aromatic nitrogens is 4. The van der Waals surface area contributed by atoms with E-state index in [0.29, 0.717) is 11.7 Å². The molecule has 3 aromatic heterocycles. The summed E-state index contributed by atoms with van der Waals surface area (Å²) < 4.78 is 5.52.